The number of rotatable bonds is 1. The lowest BCUT2D eigenvalue weighted by Crippen LogP contribution is -2.22. The van der Waals surface area contributed by atoms with E-state index in [1.807, 2.05) is 0 Å². The number of aromatic nitrogens is 2. The number of carbonyl (C=O) groups excluding carboxylic acids is 1. The molecule has 0 bridgehead atoms. The molecule has 3 rings (SSSR count). The molecule has 0 atom stereocenters. The Hall–Kier alpha value is -2.37. The first-order valence-electron chi connectivity index (χ1n) is 5.58. The second kappa shape index (κ2) is 3.83. The highest BCUT2D eigenvalue weighted by Crippen LogP contribution is 2.32. The zero-order valence-electron chi connectivity index (χ0n) is 9.48. The SMILES string of the molecule is NC(=O)n1nc(-c2ccc(F)cc2)c2c1NCC2. The molecule has 0 fully saturated rings. The molecule has 92 valence electrons. The fourth-order valence-corrected chi connectivity index (χ4v) is 2.17. The summed E-state index contributed by atoms with van der Waals surface area (Å²) in [4.78, 5) is 11.3. The van der Waals surface area contributed by atoms with Crippen LogP contribution < -0.4 is 11.1 Å². The van der Waals surface area contributed by atoms with Gasteiger partial charge in [0.25, 0.3) is 0 Å². The number of fused-ring (bicyclic) bond motifs is 1. The summed E-state index contributed by atoms with van der Waals surface area (Å²) in [6.45, 7) is 0.745. The lowest BCUT2D eigenvalue weighted by Gasteiger charge is -2.00. The van der Waals surface area contributed by atoms with Crippen LogP contribution in [0, 0.1) is 5.82 Å². The molecule has 1 aromatic heterocycles. The summed E-state index contributed by atoms with van der Waals surface area (Å²) >= 11 is 0. The van der Waals surface area contributed by atoms with Gasteiger partial charge in [0.05, 0.1) is 5.69 Å². The molecule has 2 heterocycles. The second-order valence-electron chi connectivity index (χ2n) is 4.11. The van der Waals surface area contributed by atoms with E-state index in [9.17, 15) is 9.18 Å². The van der Waals surface area contributed by atoms with Crippen molar-refractivity contribution in [1.29, 1.82) is 0 Å². The highest BCUT2D eigenvalue weighted by Gasteiger charge is 2.24. The molecule has 1 aliphatic rings. The molecule has 1 aromatic carbocycles. The molecular weight excluding hydrogens is 235 g/mol. The van der Waals surface area contributed by atoms with Gasteiger partial charge < -0.3 is 11.1 Å². The first-order valence-corrected chi connectivity index (χ1v) is 5.58. The number of halogens is 1. The zero-order chi connectivity index (χ0) is 12.7. The zero-order valence-corrected chi connectivity index (χ0v) is 9.48. The Morgan fingerprint density at radius 2 is 2.11 bits per heavy atom. The maximum absolute atomic E-state index is 12.9. The van der Waals surface area contributed by atoms with Crippen molar-refractivity contribution in [3.63, 3.8) is 0 Å². The fourth-order valence-electron chi connectivity index (χ4n) is 2.17. The van der Waals surface area contributed by atoms with Gasteiger partial charge in [-0.1, -0.05) is 0 Å². The highest BCUT2D eigenvalue weighted by atomic mass is 19.1. The highest BCUT2D eigenvalue weighted by molar-refractivity contribution is 5.83. The summed E-state index contributed by atoms with van der Waals surface area (Å²) in [7, 11) is 0. The standard InChI is InChI=1S/C12H11FN4O/c13-8-3-1-7(2-4-8)10-9-5-6-15-11(9)17(16-10)12(14)18/h1-4,15H,5-6H2,(H2,14,18). The predicted octanol–water partition coefficient (Wildman–Crippen LogP) is 1.58. The van der Waals surface area contributed by atoms with E-state index in [4.69, 9.17) is 5.73 Å². The molecule has 1 amide bonds. The van der Waals surface area contributed by atoms with Crippen LogP contribution in [0.4, 0.5) is 15.0 Å². The van der Waals surface area contributed by atoms with E-state index in [1.54, 1.807) is 12.1 Å². The van der Waals surface area contributed by atoms with Crippen molar-refractivity contribution in [2.45, 2.75) is 6.42 Å². The third-order valence-corrected chi connectivity index (χ3v) is 2.98. The van der Waals surface area contributed by atoms with Gasteiger partial charge >= 0.3 is 6.03 Å². The molecule has 0 radical (unpaired) electrons. The quantitative estimate of drug-likeness (QED) is 0.802. The molecule has 1 aliphatic heterocycles. The van der Waals surface area contributed by atoms with Gasteiger partial charge in [0, 0.05) is 17.7 Å². The number of amides is 1. The van der Waals surface area contributed by atoms with E-state index < -0.39 is 6.03 Å². The number of hydrogen-bond donors (Lipinski definition) is 2. The summed E-state index contributed by atoms with van der Waals surface area (Å²) in [5, 5.41) is 7.27. The van der Waals surface area contributed by atoms with Crippen LogP contribution in [-0.4, -0.2) is 22.4 Å². The van der Waals surface area contributed by atoms with Crippen molar-refractivity contribution in [2.24, 2.45) is 5.73 Å². The van der Waals surface area contributed by atoms with E-state index in [-0.39, 0.29) is 5.82 Å². The van der Waals surface area contributed by atoms with Crippen LogP contribution in [0.3, 0.4) is 0 Å². The van der Waals surface area contributed by atoms with Gasteiger partial charge in [-0.05, 0) is 30.7 Å². The van der Waals surface area contributed by atoms with Crippen LogP contribution >= 0.6 is 0 Å². The van der Waals surface area contributed by atoms with E-state index in [2.05, 4.69) is 10.4 Å². The summed E-state index contributed by atoms with van der Waals surface area (Å²) in [5.41, 5.74) is 7.66. The number of nitrogens with two attached hydrogens (primary N) is 1. The number of carbonyl (C=O) groups is 1. The molecule has 18 heavy (non-hydrogen) atoms. The van der Waals surface area contributed by atoms with E-state index in [1.165, 1.54) is 12.1 Å². The smallest absolute Gasteiger partial charge is 0.341 e. The molecule has 2 aromatic rings. The molecule has 0 saturated carbocycles. The Balaban J connectivity index is 2.15. The summed E-state index contributed by atoms with van der Waals surface area (Å²) in [6, 6.07) is 5.39. The van der Waals surface area contributed by atoms with Gasteiger partial charge in [0.15, 0.2) is 0 Å². The third kappa shape index (κ3) is 1.54. The Bertz CT molecular complexity index is 618. The van der Waals surface area contributed by atoms with Gasteiger partial charge in [-0.2, -0.15) is 9.78 Å². The Labute approximate surface area is 102 Å². The number of primary amides is 1. The topological polar surface area (TPSA) is 72.9 Å². The second-order valence-corrected chi connectivity index (χ2v) is 4.11. The van der Waals surface area contributed by atoms with Gasteiger partial charge in [0.2, 0.25) is 0 Å². The summed E-state index contributed by atoms with van der Waals surface area (Å²) in [5.74, 6) is 0.338. The first-order chi connectivity index (χ1) is 8.66. The number of hydrogen-bond acceptors (Lipinski definition) is 3. The minimum absolute atomic E-state index is 0.303. The first kappa shape index (κ1) is 10.8. The molecule has 5 nitrogen and oxygen atoms in total. The van der Waals surface area contributed by atoms with Gasteiger partial charge in [-0.25, -0.2) is 9.18 Å². The molecule has 3 N–H and O–H groups in total. The Kier molecular flexibility index (Phi) is 2.29. The van der Waals surface area contributed by atoms with Gasteiger partial charge in [-0.3, -0.25) is 0 Å². The van der Waals surface area contributed by atoms with E-state index >= 15 is 0 Å². The molecule has 0 unspecified atom stereocenters. The van der Waals surface area contributed by atoms with Crippen LogP contribution in [0.5, 0.6) is 0 Å². The van der Waals surface area contributed by atoms with Crippen molar-refractivity contribution < 1.29 is 9.18 Å². The molecule has 6 heteroatoms. The Morgan fingerprint density at radius 1 is 1.39 bits per heavy atom. The van der Waals surface area contributed by atoms with Crippen LogP contribution in [-0.2, 0) is 6.42 Å². The van der Waals surface area contributed by atoms with Crippen molar-refractivity contribution in [3.8, 4) is 11.3 Å². The van der Waals surface area contributed by atoms with Crippen LogP contribution in [0.2, 0.25) is 0 Å². The van der Waals surface area contributed by atoms with Crippen molar-refractivity contribution in [3.05, 3.63) is 35.6 Å². The normalized spacial score (nSPS) is 13.2. The van der Waals surface area contributed by atoms with E-state index in [0.29, 0.717) is 11.5 Å². The fraction of sp³-hybridized carbons (Fsp3) is 0.167. The average molecular weight is 246 g/mol. The molecule has 0 spiro atoms. The van der Waals surface area contributed by atoms with Gasteiger partial charge in [0.1, 0.15) is 11.6 Å². The maximum Gasteiger partial charge on any atom is 0.341 e. The predicted molar refractivity (Wildman–Crippen MR) is 64.8 cm³/mol. The number of benzene rings is 1. The summed E-state index contributed by atoms with van der Waals surface area (Å²) < 4.78 is 14.1. The largest absolute Gasteiger partial charge is 0.369 e. The third-order valence-electron chi connectivity index (χ3n) is 2.98. The maximum atomic E-state index is 12.9. The monoisotopic (exact) mass is 246 g/mol. The van der Waals surface area contributed by atoms with Crippen molar-refractivity contribution in [2.75, 3.05) is 11.9 Å². The van der Waals surface area contributed by atoms with Crippen LogP contribution in [0.1, 0.15) is 5.56 Å². The van der Waals surface area contributed by atoms with E-state index in [0.717, 1.165) is 28.8 Å². The summed E-state index contributed by atoms with van der Waals surface area (Å²) in [6.07, 6.45) is 0.773. The average Bonchev–Trinajstić information content (AvgIpc) is 2.91. The molecular formula is C12H11FN4O. The van der Waals surface area contributed by atoms with Crippen LogP contribution in [0.15, 0.2) is 24.3 Å². The molecule has 0 aliphatic carbocycles. The minimum Gasteiger partial charge on any atom is -0.369 e. The van der Waals surface area contributed by atoms with Crippen LogP contribution in [0.25, 0.3) is 11.3 Å². The molecule has 0 saturated heterocycles. The Morgan fingerprint density at radius 3 is 2.78 bits per heavy atom. The van der Waals surface area contributed by atoms with Crippen molar-refractivity contribution in [1.82, 2.24) is 9.78 Å². The number of anilines is 1. The number of nitrogens with one attached hydrogen (secondary N) is 1. The lowest BCUT2D eigenvalue weighted by molar-refractivity contribution is 0.248. The number of nitrogens with zero attached hydrogens (tertiary/aromatic N) is 2. The minimum atomic E-state index is -0.631. The lowest BCUT2D eigenvalue weighted by atomic mass is 10.1. The van der Waals surface area contributed by atoms with Gasteiger partial charge in [-0.15, -0.1) is 0 Å². The van der Waals surface area contributed by atoms with Crippen molar-refractivity contribution >= 4 is 11.8 Å².